The van der Waals surface area contributed by atoms with Crippen molar-refractivity contribution >= 4 is 11.9 Å². The van der Waals surface area contributed by atoms with E-state index in [0.29, 0.717) is 12.0 Å². The molecule has 0 aromatic carbocycles. The van der Waals surface area contributed by atoms with E-state index >= 15 is 0 Å². The standard InChI is InChI=1S/C26H51NO4/c1-5-6-7-8-9-10-11-12-13-16-22(21-26(2,3)4)17-14-15-20-31-25(30)23(27)18-19-24(28)29/h22-23H,5-21,27H2,1-4H3,(H,28,29)/t22?,23-/m1/s1. The summed E-state index contributed by atoms with van der Waals surface area (Å²) in [5, 5.41) is 8.66. The molecule has 0 aliphatic carbocycles. The second-order valence-corrected chi connectivity index (χ2v) is 10.5. The normalized spacial score (nSPS) is 13.7. The first-order chi connectivity index (χ1) is 14.7. The smallest absolute Gasteiger partial charge is 0.322 e. The van der Waals surface area contributed by atoms with Gasteiger partial charge in [0.25, 0.3) is 0 Å². The highest BCUT2D eigenvalue weighted by atomic mass is 16.5. The Balaban J connectivity index is 3.98. The van der Waals surface area contributed by atoms with E-state index in [1.807, 2.05) is 0 Å². The van der Waals surface area contributed by atoms with E-state index in [1.165, 1.54) is 77.0 Å². The van der Waals surface area contributed by atoms with Gasteiger partial charge in [0.1, 0.15) is 6.04 Å². The first-order valence-corrected chi connectivity index (χ1v) is 12.8. The molecule has 0 bridgehead atoms. The van der Waals surface area contributed by atoms with Crippen LogP contribution in [0.5, 0.6) is 0 Å². The first kappa shape index (κ1) is 29.9. The van der Waals surface area contributed by atoms with Crippen molar-refractivity contribution in [3.8, 4) is 0 Å². The predicted molar refractivity (Wildman–Crippen MR) is 129 cm³/mol. The van der Waals surface area contributed by atoms with Crippen LogP contribution in [0.1, 0.15) is 130 Å². The van der Waals surface area contributed by atoms with Crippen LogP contribution < -0.4 is 5.73 Å². The monoisotopic (exact) mass is 441 g/mol. The molecule has 0 fully saturated rings. The van der Waals surface area contributed by atoms with Crippen LogP contribution >= 0.6 is 0 Å². The minimum Gasteiger partial charge on any atom is -0.481 e. The lowest BCUT2D eigenvalue weighted by Gasteiger charge is -2.26. The molecule has 3 N–H and O–H groups in total. The Morgan fingerprint density at radius 2 is 1.35 bits per heavy atom. The maximum Gasteiger partial charge on any atom is 0.322 e. The van der Waals surface area contributed by atoms with E-state index in [4.69, 9.17) is 15.6 Å². The van der Waals surface area contributed by atoms with Gasteiger partial charge in [-0.1, -0.05) is 98.3 Å². The van der Waals surface area contributed by atoms with Crippen LogP contribution in [0.2, 0.25) is 0 Å². The fourth-order valence-corrected chi connectivity index (χ4v) is 4.17. The summed E-state index contributed by atoms with van der Waals surface area (Å²) in [5.41, 5.74) is 6.02. The fraction of sp³-hybridized carbons (Fsp3) is 0.923. The zero-order valence-corrected chi connectivity index (χ0v) is 20.9. The van der Waals surface area contributed by atoms with Crippen LogP contribution in [0.25, 0.3) is 0 Å². The maximum atomic E-state index is 11.8. The van der Waals surface area contributed by atoms with Crippen molar-refractivity contribution < 1.29 is 19.4 Å². The van der Waals surface area contributed by atoms with Gasteiger partial charge in [-0.05, 0) is 37.0 Å². The van der Waals surface area contributed by atoms with Gasteiger partial charge in [0.05, 0.1) is 6.61 Å². The van der Waals surface area contributed by atoms with Gasteiger partial charge in [0, 0.05) is 6.42 Å². The minimum atomic E-state index is -0.944. The molecule has 0 saturated heterocycles. The molecule has 31 heavy (non-hydrogen) atoms. The number of carbonyl (C=O) groups excluding carboxylic acids is 1. The van der Waals surface area contributed by atoms with Crippen molar-refractivity contribution in [1.29, 1.82) is 0 Å². The molecule has 0 saturated carbocycles. The van der Waals surface area contributed by atoms with Crippen LogP contribution in [-0.2, 0) is 14.3 Å². The molecule has 0 aromatic rings. The van der Waals surface area contributed by atoms with Crippen molar-refractivity contribution in [3.05, 3.63) is 0 Å². The topological polar surface area (TPSA) is 89.6 Å². The lowest BCUT2D eigenvalue weighted by Crippen LogP contribution is -2.33. The summed E-state index contributed by atoms with van der Waals surface area (Å²) in [4.78, 5) is 22.4. The summed E-state index contributed by atoms with van der Waals surface area (Å²) in [6, 6.07) is -0.837. The van der Waals surface area contributed by atoms with Crippen LogP contribution in [0.3, 0.4) is 0 Å². The molecule has 0 heterocycles. The second-order valence-electron chi connectivity index (χ2n) is 10.5. The molecule has 0 aliphatic rings. The van der Waals surface area contributed by atoms with Crippen molar-refractivity contribution in [2.24, 2.45) is 17.1 Å². The van der Waals surface area contributed by atoms with Gasteiger partial charge in [0.15, 0.2) is 0 Å². The van der Waals surface area contributed by atoms with Crippen LogP contribution in [0.15, 0.2) is 0 Å². The third-order valence-corrected chi connectivity index (χ3v) is 5.84. The lowest BCUT2D eigenvalue weighted by molar-refractivity contribution is -0.145. The highest BCUT2D eigenvalue weighted by Gasteiger charge is 2.19. The molecule has 0 rings (SSSR count). The van der Waals surface area contributed by atoms with E-state index in [1.54, 1.807) is 0 Å². The molecule has 0 radical (unpaired) electrons. The third kappa shape index (κ3) is 20.6. The molecule has 1 unspecified atom stereocenters. The van der Waals surface area contributed by atoms with E-state index in [2.05, 4.69) is 27.7 Å². The van der Waals surface area contributed by atoms with Crippen molar-refractivity contribution in [2.75, 3.05) is 6.61 Å². The van der Waals surface area contributed by atoms with Gasteiger partial charge >= 0.3 is 11.9 Å². The number of rotatable bonds is 20. The highest BCUT2D eigenvalue weighted by molar-refractivity contribution is 5.76. The Labute approximate surface area is 191 Å². The average Bonchev–Trinajstić information content (AvgIpc) is 2.68. The first-order valence-electron chi connectivity index (χ1n) is 12.8. The van der Waals surface area contributed by atoms with Gasteiger partial charge < -0.3 is 15.6 Å². The SMILES string of the molecule is CCCCCCCCCCCC(CCCCOC(=O)[C@H](N)CCC(=O)O)CC(C)(C)C. The summed E-state index contributed by atoms with van der Waals surface area (Å²) in [6.45, 7) is 9.59. The quantitative estimate of drug-likeness (QED) is 0.159. The highest BCUT2D eigenvalue weighted by Crippen LogP contribution is 2.31. The molecule has 0 aliphatic heterocycles. The number of hydrogen-bond acceptors (Lipinski definition) is 4. The Hall–Kier alpha value is -1.10. The summed E-state index contributed by atoms with van der Waals surface area (Å²) >= 11 is 0. The largest absolute Gasteiger partial charge is 0.481 e. The summed E-state index contributed by atoms with van der Waals surface area (Å²) in [7, 11) is 0. The zero-order chi connectivity index (χ0) is 23.5. The Bertz CT molecular complexity index is 459. The van der Waals surface area contributed by atoms with Gasteiger partial charge in [-0.15, -0.1) is 0 Å². The number of aliphatic carboxylic acids is 1. The van der Waals surface area contributed by atoms with Crippen LogP contribution in [-0.4, -0.2) is 29.7 Å². The number of carboxylic acid groups (broad SMARTS) is 1. The van der Waals surface area contributed by atoms with Gasteiger partial charge in [-0.2, -0.15) is 0 Å². The summed E-state index contributed by atoms with van der Waals surface area (Å²) in [6.07, 6.45) is 17.9. The third-order valence-electron chi connectivity index (χ3n) is 5.84. The molecule has 5 nitrogen and oxygen atoms in total. The summed E-state index contributed by atoms with van der Waals surface area (Å²) < 4.78 is 5.22. The Morgan fingerprint density at radius 1 is 0.839 bits per heavy atom. The fourth-order valence-electron chi connectivity index (χ4n) is 4.17. The number of ether oxygens (including phenoxy) is 1. The van der Waals surface area contributed by atoms with E-state index < -0.39 is 18.0 Å². The molecule has 184 valence electrons. The molecule has 0 amide bonds. The van der Waals surface area contributed by atoms with Gasteiger partial charge in [-0.3, -0.25) is 9.59 Å². The van der Waals surface area contributed by atoms with E-state index in [-0.39, 0.29) is 12.8 Å². The van der Waals surface area contributed by atoms with Crippen LogP contribution in [0, 0.1) is 11.3 Å². The predicted octanol–water partition coefficient (Wildman–Crippen LogP) is 6.87. The van der Waals surface area contributed by atoms with Crippen molar-refractivity contribution in [2.45, 2.75) is 136 Å². The van der Waals surface area contributed by atoms with Crippen molar-refractivity contribution in [1.82, 2.24) is 0 Å². The second kappa shape index (κ2) is 18.5. The molecule has 0 spiro atoms. The molecular formula is C26H51NO4. The molecule has 0 aromatic heterocycles. The number of unbranched alkanes of at least 4 members (excludes halogenated alkanes) is 9. The molecule has 5 heteroatoms. The average molecular weight is 442 g/mol. The van der Waals surface area contributed by atoms with E-state index in [0.717, 1.165) is 18.8 Å². The van der Waals surface area contributed by atoms with Crippen LogP contribution in [0.4, 0.5) is 0 Å². The van der Waals surface area contributed by atoms with E-state index in [9.17, 15) is 9.59 Å². The van der Waals surface area contributed by atoms with Gasteiger partial charge in [-0.25, -0.2) is 0 Å². The number of hydrogen-bond donors (Lipinski definition) is 2. The maximum absolute atomic E-state index is 11.8. The molecular weight excluding hydrogens is 390 g/mol. The summed E-state index contributed by atoms with van der Waals surface area (Å²) in [5.74, 6) is -0.694. The number of carboxylic acids is 1. The Morgan fingerprint density at radius 3 is 1.87 bits per heavy atom. The minimum absolute atomic E-state index is 0.108. The lowest BCUT2D eigenvalue weighted by atomic mass is 9.80. The number of nitrogens with two attached hydrogens (primary N) is 1. The molecule has 2 atom stereocenters. The number of esters is 1. The van der Waals surface area contributed by atoms with Gasteiger partial charge in [0.2, 0.25) is 0 Å². The number of carbonyl (C=O) groups is 2. The zero-order valence-electron chi connectivity index (χ0n) is 20.9. The Kier molecular flexibility index (Phi) is 17.8. The van der Waals surface area contributed by atoms with Crippen molar-refractivity contribution in [3.63, 3.8) is 0 Å².